The fourth-order valence-corrected chi connectivity index (χ4v) is 2.19. The van der Waals surface area contributed by atoms with Crippen molar-refractivity contribution in [3.63, 3.8) is 0 Å². The number of hydrogen-bond acceptors (Lipinski definition) is 1. The summed E-state index contributed by atoms with van der Waals surface area (Å²) in [6, 6.07) is 1.76. The number of nitrogens with zero attached hydrogens (tertiary/aromatic N) is 2. The average molecular weight is 214 g/mol. The molecule has 15 heavy (non-hydrogen) atoms. The van der Waals surface area contributed by atoms with Crippen LogP contribution in [0.25, 0.3) is 0 Å². The molecule has 0 spiro atoms. The molecule has 1 fully saturated rings. The second kappa shape index (κ2) is 4.73. The lowest BCUT2D eigenvalue weighted by Crippen LogP contribution is -2.09. The Labute approximate surface area is 88.3 Å². The summed E-state index contributed by atoms with van der Waals surface area (Å²) in [5.41, 5.74) is -0.0979. The molecule has 1 aromatic heterocycles. The topological polar surface area (TPSA) is 17.8 Å². The van der Waals surface area contributed by atoms with Crippen LogP contribution >= 0.6 is 0 Å². The third kappa shape index (κ3) is 2.55. The van der Waals surface area contributed by atoms with Crippen LogP contribution in [-0.4, -0.2) is 9.78 Å². The zero-order valence-corrected chi connectivity index (χ0v) is 8.70. The molecule has 0 amide bonds. The minimum Gasteiger partial charge on any atom is -0.269 e. The summed E-state index contributed by atoms with van der Waals surface area (Å²) in [5, 5.41) is 3.94. The van der Waals surface area contributed by atoms with E-state index in [4.69, 9.17) is 0 Å². The van der Waals surface area contributed by atoms with Crippen molar-refractivity contribution in [2.45, 2.75) is 51.0 Å². The second-order valence-electron chi connectivity index (χ2n) is 4.17. The molecular weight excluding hydrogens is 198 g/mol. The van der Waals surface area contributed by atoms with Crippen molar-refractivity contribution >= 4 is 0 Å². The quantitative estimate of drug-likeness (QED) is 0.686. The van der Waals surface area contributed by atoms with Gasteiger partial charge < -0.3 is 0 Å². The highest BCUT2D eigenvalue weighted by molar-refractivity contribution is 5.01. The summed E-state index contributed by atoms with van der Waals surface area (Å²) >= 11 is 0. The van der Waals surface area contributed by atoms with Gasteiger partial charge in [0.05, 0.1) is 6.04 Å². The van der Waals surface area contributed by atoms with Gasteiger partial charge in [-0.15, -0.1) is 0 Å². The molecule has 4 heteroatoms. The Morgan fingerprint density at radius 1 is 1.20 bits per heavy atom. The van der Waals surface area contributed by atoms with E-state index >= 15 is 0 Å². The van der Waals surface area contributed by atoms with Crippen LogP contribution in [0.5, 0.6) is 0 Å². The minimum absolute atomic E-state index is 0.0979. The molecule has 0 aromatic carbocycles. The predicted octanol–water partition coefficient (Wildman–Crippen LogP) is 3.72. The highest BCUT2D eigenvalue weighted by Gasteiger charge is 2.17. The Balaban J connectivity index is 2.06. The standard InChI is InChI=1S/C11H16F2N2/c12-11(13)10-7-8-15(14-10)9-5-3-1-2-4-6-9/h7-9,11H,1-6H2. The number of rotatable bonds is 2. The summed E-state index contributed by atoms with van der Waals surface area (Å²) in [7, 11) is 0. The maximum absolute atomic E-state index is 12.4. The van der Waals surface area contributed by atoms with Gasteiger partial charge in [0.15, 0.2) is 0 Å². The lowest BCUT2D eigenvalue weighted by molar-refractivity contribution is 0.144. The Morgan fingerprint density at radius 3 is 2.40 bits per heavy atom. The van der Waals surface area contributed by atoms with Crippen molar-refractivity contribution in [2.75, 3.05) is 0 Å². The minimum atomic E-state index is -2.45. The maximum Gasteiger partial charge on any atom is 0.282 e. The summed E-state index contributed by atoms with van der Waals surface area (Å²) in [4.78, 5) is 0. The zero-order valence-electron chi connectivity index (χ0n) is 8.70. The Morgan fingerprint density at radius 2 is 1.87 bits per heavy atom. The Hall–Kier alpha value is -0.930. The molecule has 0 aliphatic heterocycles. The van der Waals surface area contributed by atoms with Crippen LogP contribution in [0.3, 0.4) is 0 Å². The summed E-state index contributed by atoms with van der Waals surface area (Å²) in [5.74, 6) is 0. The zero-order chi connectivity index (χ0) is 10.7. The molecule has 2 nitrogen and oxygen atoms in total. The lowest BCUT2D eigenvalue weighted by Gasteiger charge is -2.14. The SMILES string of the molecule is FC(F)c1ccn(C2CCCCCC2)n1. The van der Waals surface area contributed by atoms with Gasteiger partial charge in [-0.05, 0) is 18.9 Å². The highest BCUT2D eigenvalue weighted by atomic mass is 19.3. The first-order valence-electron chi connectivity index (χ1n) is 5.60. The Bertz CT molecular complexity index is 301. The average Bonchev–Trinajstić information content (AvgIpc) is 2.55. The van der Waals surface area contributed by atoms with Crippen LogP contribution in [0.1, 0.15) is 56.7 Å². The normalized spacial score (nSPS) is 19.4. The molecule has 84 valence electrons. The summed E-state index contributed by atoms with van der Waals surface area (Å²) in [6.07, 6.45) is 6.30. The molecule has 1 aliphatic carbocycles. The van der Waals surface area contributed by atoms with Crippen molar-refractivity contribution < 1.29 is 8.78 Å². The number of alkyl halides is 2. The first-order valence-corrected chi connectivity index (χ1v) is 5.60. The van der Waals surface area contributed by atoms with E-state index in [9.17, 15) is 8.78 Å². The predicted molar refractivity (Wildman–Crippen MR) is 53.9 cm³/mol. The molecule has 1 aliphatic rings. The van der Waals surface area contributed by atoms with E-state index in [0.29, 0.717) is 6.04 Å². The van der Waals surface area contributed by atoms with Gasteiger partial charge in [0.25, 0.3) is 6.43 Å². The van der Waals surface area contributed by atoms with E-state index in [1.54, 1.807) is 10.9 Å². The monoisotopic (exact) mass is 214 g/mol. The molecule has 0 unspecified atom stereocenters. The molecule has 0 N–H and O–H groups in total. The number of halogens is 2. The van der Waals surface area contributed by atoms with E-state index < -0.39 is 6.43 Å². The smallest absolute Gasteiger partial charge is 0.269 e. The van der Waals surface area contributed by atoms with Crippen LogP contribution < -0.4 is 0 Å². The molecule has 0 radical (unpaired) electrons. The van der Waals surface area contributed by atoms with Gasteiger partial charge in [-0.25, -0.2) is 8.78 Å². The maximum atomic E-state index is 12.4. The van der Waals surface area contributed by atoms with Crippen molar-refractivity contribution in [3.05, 3.63) is 18.0 Å². The third-order valence-electron chi connectivity index (χ3n) is 3.05. The fraction of sp³-hybridized carbons (Fsp3) is 0.727. The number of aromatic nitrogens is 2. The summed E-state index contributed by atoms with van der Waals surface area (Å²) in [6.45, 7) is 0. The fourth-order valence-electron chi connectivity index (χ4n) is 2.19. The Kier molecular flexibility index (Phi) is 3.34. The van der Waals surface area contributed by atoms with Crippen molar-refractivity contribution in [3.8, 4) is 0 Å². The number of hydrogen-bond donors (Lipinski definition) is 0. The third-order valence-corrected chi connectivity index (χ3v) is 3.05. The van der Waals surface area contributed by atoms with Crippen LogP contribution in [-0.2, 0) is 0 Å². The van der Waals surface area contributed by atoms with E-state index in [1.807, 2.05) is 0 Å². The van der Waals surface area contributed by atoms with Gasteiger partial charge in [-0.2, -0.15) is 5.10 Å². The van der Waals surface area contributed by atoms with E-state index in [2.05, 4.69) is 5.10 Å². The molecule has 0 atom stereocenters. The van der Waals surface area contributed by atoms with E-state index in [-0.39, 0.29) is 5.69 Å². The van der Waals surface area contributed by atoms with E-state index in [0.717, 1.165) is 12.8 Å². The van der Waals surface area contributed by atoms with Crippen molar-refractivity contribution in [1.29, 1.82) is 0 Å². The molecular formula is C11H16F2N2. The van der Waals surface area contributed by atoms with Crippen molar-refractivity contribution in [1.82, 2.24) is 9.78 Å². The molecule has 1 heterocycles. The van der Waals surface area contributed by atoms with Gasteiger partial charge in [0, 0.05) is 6.20 Å². The molecule has 0 bridgehead atoms. The van der Waals surface area contributed by atoms with Gasteiger partial charge in [0.2, 0.25) is 0 Å². The van der Waals surface area contributed by atoms with Gasteiger partial charge >= 0.3 is 0 Å². The van der Waals surface area contributed by atoms with Crippen LogP contribution in [0, 0.1) is 0 Å². The van der Waals surface area contributed by atoms with Crippen LogP contribution in [0.15, 0.2) is 12.3 Å². The van der Waals surface area contributed by atoms with Gasteiger partial charge in [-0.1, -0.05) is 25.7 Å². The largest absolute Gasteiger partial charge is 0.282 e. The molecule has 0 saturated heterocycles. The highest BCUT2D eigenvalue weighted by Crippen LogP contribution is 2.27. The molecule has 1 saturated carbocycles. The summed E-state index contributed by atoms with van der Waals surface area (Å²) < 4.78 is 26.4. The molecule has 1 aromatic rings. The van der Waals surface area contributed by atoms with Crippen molar-refractivity contribution in [2.24, 2.45) is 0 Å². The first-order chi connectivity index (χ1) is 7.27. The molecule has 2 rings (SSSR count). The first kappa shape index (κ1) is 10.6. The van der Waals surface area contributed by atoms with Crippen LogP contribution in [0.4, 0.5) is 8.78 Å². The van der Waals surface area contributed by atoms with Gasteiger partial charge in [-0.3, -0.25) is 4.68 Å². The van der Waals surface area contributed by atoms with E-state index in [1.165, 1.54) is 31.7 Å². The van der Waals surface area contributed by atoms with Crippen LogP contribution in [0.2, 0.25) is 0 Å². The lowest BCUT2D eigenvalue weighted by atomic mass is 10.1. The van der Waals surface area contributed by atoms with Gasteiger partial charge in [0.1, 0.15) is 5.69 Å². The second-order valence-corrected chi connectivity index (χ2v) is 4.17.